The van der Waals surface area contributed by atoms with Crippen molar-refractivity contribution >= 4 is 41.4 Å². The number of rotatable bonds is 24. The Bertz CT molecular complexity index is 1940. The maximum atomic E-state index is 14.6. The summed E-state index contributed by atoms with van der Waals surface area (Å²) in [6.45, 7) is 15.6. The Balaban J connectivity index is 1.27. The van der Waals surface area contributed by atoms with Crippen LogP contribution in [-0.2, 0) is 47.9 Å². The number of methoxy groups -OCH3 is 2. The highest BCUT2D eigenvalue weighted by molar-refractivity contribution is 6.12. The average Bonchev–Trinajstić information content (AvgIpc) is 3.66. The minimum atomic E-state index is -1.15. The van der Waals surface area contributed by atoms with Crippen LogP contribution in [0.4, 0.5) is 0 Å². The molecule has 0 spiro atoms. The van der Waals surface area contributed by atoms with Gasteiger partial charge in [0.2, 0.25) is 23.6 Å². The fourth-order valence-electron chi connectivity index (χ4n) is 11.0. The molecule has 1 aromatic carbocycles. The monoisotopic (exact) mass is 950 g/mol. The normalized spacial score (nSPS) is 23.8. The molecule has 3 aliphatic heterocycles. The molecule has 0 aromatic heterocycles. The van der Waals surface area contributed by atoms with Crippen molar-refractivity contribution in [2.45, 2.75) is 148 Å². The zero-order chi connectivity index (χ0) is 50.0. The highest BCUT2D eigenvalue weighted by Gasteiger charge is 2.64. The third-order valence-electron chi connectivity index (χ3n) is 14.8. The Labute approximate surface area is 403 Å². The molecule has 0 radical (unpaired) electrons. The lowest BCUT2D eigenvalue weighted by Gasteiger charge is -2.43. The number of nitrogens with one attached hydrogen (secondary N) is 2. The van der Waals surface area contributed by atoms with Crippen LogP contribution in [0.1, 0.15) is 111 Å². The summed E-state index contributed by atoms with van der Waals surface area (Å²) < 4.78 is 12.3. The molecule has 4 aliphatic rings. The standard InChI is InChI=1S/C51H79N7O10/c1-12-34(6)45(55(9)44(33(4)5)49(64)52-48(63)43(32(2)3)54(8)25-19-27-57-40(59)23-24-41(57)60)39(66-10)30-42(61)56-26-18-22-38(56)46(67-11)35(7)47(62)53-51(50(65)58-28-16-17-29-68-58)31-37(51)36-20-14-13-15-21-36/h13-15,20-21,23-24,32-35,37-39,43-46H,12,16-19,22,25-31H2,1-11H3,(H,53,62)(H,52,63,64)/t34-,35+,37+,38-,39+,43-,44-,45-,46+,51-/m0/s1. The molecule has 0 bridgehead atoms. The molecule has 10 atom stereocenters. The second-order valence-corrected chi connectivity index (χ2v) is 20.1. The van der Waals surface area contributed by atoms with E-state index in [4.69, 9.17) is 14.3 Å². The molecule has 3 heterocycles. The van der Waals surface area contributed by atoms with Gasteiger partial charge in [-0.1, -0.05) is 85.2 Å². The van der Waals surface area contributed by atoms with E-state index in [1.807, 2.05) is 74.9 Å². The van der Waals surface area contributed by atoms with Crippen LogP contribution in [0.3, 0.4) is 0 Å². The number of nitrogens with zero attached hydrogens (tertiary/aromatic N) is 5. The molecule has 17 heteroatoms. The fraction of sp³-hybridized carbons (Fsp3) is 0.706. The Morgan fingerprint density at radius 2 is 1.50 bits per heavy atom. The zero-order valence-electron chi connectivity index (χ0n) is 42.4. The number of hydrogen-bond donors (Lipinski definition) is 2. The molecule has 0 unspecified atom stereocenters. The quantitative estimate of drug-likeness (QED) is 0.143. The lowest BCUT2D eigenvalue weighted by molar-refractivity contribution is -0.200. The number of ether oxygens (including phenoxy) is 2. The highest BCUT2D eigenvalue weighted by Crippen LogP contribution is 2.53. The molecule has 1 saturated carbocycles. The number of hydrogen-bond acceptors (Lipinski definition) is 12. The molecule has 68 heavy (non-hydrogen) atoms. The Morgan fingerprint density at radius 3 is 2.07 bits per heavy atom. The van der Waals surface area contributed by atoms with Crippen molar-refractivity contribution in [3.63, 3.8) is 0 Å². The van der Waals surface area contributed by atoms with Crippen LogP contribution >= 0.6 is 0 Å². The van der Waals surface area contributed by atoms with E-state index >= 15 is 0 Å². The lowest BCUT2D eigenvalue weighted by Crippen LogP contribution is -2.60. The predicted molar refractivity (Wildman–Crippen MR) is 256 cm³/mol. The van der Waals surface area contributed by atoms with Crippen molar-refractivity contribution in [1.29, 1.82) is 0 Å². The number of likely N-dealkylation sites (tertiary alicyclic amines) is 1. The zero-order valence-corrected chi connectivity index (χ0v) is 42.4. The second-order valence-electron chi connectivity index (χ2n) is 20.1. The van der Waals surface area contributed by atoms with Gasteiger partial charge < -0.3 is 19.7 Å². The molecule has 5 rings (SSSR count). The van der Waals surface area contributed by atoms with Gasteiger partial charge in [0.1, 0.15) is 5.54 Å². The van der Waals surface area contributed by atoms with Gasteiger partial charge in [0.15, 0.2) is 0 Å². The van der Waals surface area contributed by atoms with Crippen molar-refractivity contribution in [3.8, 4) is 0 Å². The summed E-state index contributed by atoms with van der Waals surface area (Å²) in [5, 5.41) is 7.29. The maximum Gasteiger partial charge on any atom is 0.272 e. The molecule has 3 fully saturated rings. The molecule has 17 nitrogen and oxygen atoms in total. The van der Waals surface area contributed by atoms with Crippen LogP contribution in [0.5, 0.6) is 0 Å². The lowest BCUT2D eigenvalue weighted by atomic mass is 9.87. The Morgan fingerprint density at radius 1 is 0.853 bits per heavy atom. The fourth-order valence-corrected chi connectivity index (χ4v) is 11.0. The predicted octanol–water partition coefficient (Wildman–Crippen LogP) is 3.92. The van der Waals surface area contributed by atoms with Gasteiger partial charge in [0, 0.05) is 64.5 Å². The first kappa shape index (κ1) is 54.4. The van der Waals surface area contributed by atoms with E-state index in [9.17, 15) is 33.6 Å². The van der Waals surface area contributed by atoms with Crippen LogP contribution in [0.2, 0.25) is 0 Å². The topological polar surface area (TPSA) is 187 Å². The summed E-state index contributed by atoms with van der Waals surface area (Å²) >= 11 is 0. The largest absolute Gasteiger partial charge is 0.379 e. The van der Waals surface area contributed by atoms with Crippen molar-refractivity contribution in [1.82, 2.24) is 35.3 Å². The molecule has 1 aromatic rings. The summed E-state index contributed by atoms with van der Waals surface area (Å²) in [5.74, 6) is -3.70. The number of amides is 7. The van der Waals surface area contributed by atoms with Gasteiger partial charge in [-0.25, -0.2) is 5.06 Å². The van der Waals surface area contributed by atoms with Gasteiger partial charge in [-0.15, -0.1) is 0 Å². The number of imide groups is 2. The summed E-state index contributed by atoms with van der Waals surface area (Å²) in [7, 11) is 6.77. The average molecular weight is 950 g/mol. The minimum absolute atomic E-state index is 0.00578. The van der Waals surface area contributed by atoms with Crippen LogP contribution in [0.15, 0.2) is 42.5 Å². The van der Waals surface area contributed by atoms with E-state index in [0.717, 1.165) is 24.8 Å². The van der Waals surface area contributed by atoms with E-state index < -0.39 is 59.6 Å². The third-order valence-corrected chi connectivity index (χ3v) is 14.8. The van der Waals surface area contributed by atoms with Gasteiger partial charge in [-0.2, -0.15) is 0 Å². The van der Waals surface area contributed by atoms with Gasteiger partial charge >= 0.3 is 0 Å². The first-order valence-electron chi connectivity index (χ1n) is 24.8. The number of carbonyl (C=O) groups is 7. The minimum Gasteiger partial charge on any atom is -0.379 e. The maximum absolute atomic E-state index is 14.6. The van der Waals surface area contributed by atoms with E-state index in [0.29, 0.717) is 51.9 Å². The van der Waals surface area contributed by atoms with Crippen molar-refractivity contribution in [2.75, 3.05) is 61.1 Å². The SMILES string of the molecule is CC[C@H](C)[C@@H]([C@@H](CC(=O)N1CCC[C@H]1[C@H](OC)[C@@H](C)C(=O)N[C@@]1(C(=O)N2CCCCO2)C[C@@H]1c1ccccc1)OC)N(C)[C@H](C(=O)NC(=O)[C@H](C(C)C)N(C)CCCN1C(=O)C=CC1=O)C(C)C. The van der Waals surface area contributed by atoms with Gasteiger partial charge in [0.05, 0.1) is 49.3 Å². The van der Waals surface area contributed by atoms with E-state index in [1.54, 1.807) is 33.1 Å². The van der Waals surface area contributed by atoms with E-state index in [-0.39, 0.29) is 66.2 Å². The van der Waals surface area contributed by atoms with Crippen LogP contribution < -0.4 is 10.6 Å². The molecule has 7 amide bonds. The molecule has 2 saturated heterocycles. The molecule has 1 aliphatic carbocycles. The van der Waals surface area contributed by atoms with E-state index in [1.165, 1.54) is 22.1 Å². The number of hydroxylamine groups is 2. The third kappa shape index (κ3) is 12.4. The summed E-state index contributed by atoms with van der Waals surface area (Å²) in [6.07, 6.45) is 5.85. The highest BCUT2D eigenvalue weighted by atomic mass is 16.7. The van der Waals surface area contributed by atoms with Crippen molar-refractivity contribution in [3.05, 3.63) is 48.0 Å². The van der Waals surface area contributed by atoms with Gasteiger partial charge in [-0.3, -0.25) is 58.4 Å². The van der Waals surface area contributed by atoms with Crippen molar-refractivity contribution < 1.29 is 47.9 Å². The number of carbonyl (C=O) groups excluding carboxylic acids is 7. The first-order valence-corrected chi connectivity index (χ1v) is 24.8. The smallest absolute Gasteiger partial charge is 0.272 e. The molecular formula is C51H79N7O10. The van der Waals surface area contributed by atoms with Crippen LogP contribution in [-0.4, -0.2) is 169 Å². The molecule has 378 valence electrons. The summed E-state index contributed by atoms with van der Waals surface area (Å²) in [5.41, 5.74) is -0.189. The van der Waals surface area contributed by atoms with Gasteiger partial charge in [0.25, 0.3) is 17.7 Å². The molecular weight excluding hydrogens is 871 g/mol. The van der Waals surface area contributed by atoms with Crippen LogP contribution in [0.25, 0.3) is 0 Å². The first-order chi connectivity index (χ1) is 32.3. The van der Waals surface area contributed by atoms with Gasteiger partial charge in [-0.05, 0) is 75.9 Å². The van der Waals surface area contributed by atoms with Crippen molar-refractivity contribution in [2.24, 2.45) is 23.7 Å². The number of benzene rings is 1. The van der Waals surface area contributed by atoms with Crippen LogP contribution in [0, 0.1) is 23.7 Å². The van der Waals surface area contributed by atoms with E-state index in [2.05, 4.69) is 24.5 Å². The summed E-state index contributed by atoms with van der Waals surface area (Å²) in [6, 6.07) is 7.48. The Kier molecular flexibility index (Phi) is 19.5. The number of likely N-dealkylation sites (N-methyl/N-ethyl adjacent to an activating group) is 2. The second kappa shape index (κ2) is 24.3. The Hall–Kier alpha value is -4.55. The molecule has 2 N–H and O–H groups in total. The summed E-state index contributed by atoms with van der Waals surface area (Å²) in [4.78, 5) is 108.